The van der Waals surface area contributed by atoms with Gasteiger partial charge in [0.05, 0.1) is 0 Å². The van der Waals surface area contributed by atoms with Crippen molar-refractivity contribution in [2.45, 2.75) is 45.4 Å². The minimum Gasteiger partial charge on any atom is -0.508 e. The molecule has 2 fully saturated rings. The van der Waals surface area contributed by atoms with E-state index in [1.54, 1.807) is 31.4 Å². The molecule has 0 bridgehead atoms. The van der Waals surface area contributed by atoms with Crippen LogP contribution in [0.25, 0.3) is 0 Å². The average molecular weight is 218 g/mol. The number of phenolic OH excluding ortho intramolecular Hbond substituents is 1. The van der Waals surface area contributed by atoms with Gasteiger partial charge < -0.3 is 5.11 Å². The molecule has 88 valence electrons. The van der Waals surface area contributed by atoms with Gasteiger partial charge in [-0.25, -0.2) is 0 Å². The SMILES string of the molecule is C1CC2CC2C1.CCCc1ccc(O)cc1. The molecule has 0 radical (unpaired) electrons. The molecule has 0 aliphatic heterocycles. The van der Waals surface area contributed by atoms with Crippen molar-refractivity contribution < 1.29 is 5.11 Å². The fourth-order valence-electron chi connectivity index (χ4n) is 2.61. The number of rotatable bonds is 2. The summed E-state index contributed by atoms with van der Waals surface area (Å²) in [5.74, 6) is 2.77. The number of hydrogen-bond donors (Lipinski definition) is 1. The van der Waals surface area contributed by atoms with Gasteiger partial charge in [-0.3, -0.25) is 0 Å². The van der Waals surface area contributed by atoms with Gasteiger partial charge in [0.15, 0.2) is 0 Å². The van der Waals surface area contributed by atoms with E-state index in [0.29, 0.717) is 5.75 Å². The van der Waals surface area contributed by atoms with Crippen LogP contribution in [0.5, 0.6) is 5.75 Å². The predicted molar refractivity (Wildman–Crippen MR) is 67.5 cm³/mol. The number of aromatic hydroxyl groups is 1. The van der Waals surface area contributed by atoms with Crippen LogP contribution in [-0.2, 0) is 6.42 Å². The van der Waals surface area contributed by atoms with Gasteiger partial charge in [0.25, 0.3) is 0 Å². The molecule has 0 spiro atoms. The summed E-state index contributed by atoms with van der Waals surface area (Å²) in [5.41, 5.74) is 1.29. The van der Waals surface area contributed by atoms with Crippen molar-refractivity contribution in [1.29, 1.82) is 0 Å². The van der Waals surface area contributed by atoms with Crippen molar-refractivity contribution in [1.82, 2.24) is 0 Å². The summed E-state index contributed by atoms with van der Waals surface area (Å²) in [6.07, 6.45) is 8.50. The first-order chi connectivity index (χ1) is 7.79. The van der Waals surface area contributed by atoms with Crippen molar-refractivity contribution in [2.75, 3.05) is 0 Å². The van der Waals surface area contributed by atoms with Gasteiger partial charge in [-0.05, 0) is 42.4 Å². The second-order valence-corrected chi connectivity index (χ2v) is 5.10. The largest absolute Gasteiger partial charge is 0.508 e. The Hall–Kier alpha value is -0.980. The van der Waals surface area contributed by atoms with E-state index < -0.39 is 0 Å². The van der Waals surface area contributed by atoms with Crippen LogP contribution in [0, 0.1) is 11.8 Å². The minimum atomic E-state index is 0.347. The van der Waals surface area contributed by atoms with Crippen molar-refractivity contribution in [3.8, 4) is 5.75 Å². The molecule has 2 aliphatic carbocycles. The Bertz CT molecular complexity index is 307. The van der Waals surface area contributed by atoms with Gasteiger partial charge in [-0.15, -0.1) is 0 Å². The summed E-state index contributed by atoms with van der Waals surface area (Å²) in [5, 5.41) is 8.92. The van der Waals surface area contributed by atoms with Gasteiger partial charge in [0.2, 0.25) is 0 Å². The van der Waals surface area contributed by atoms with Crippen LogP contribution in [0.4, 0.5) is 0 Å². The molecule has 2 unspecified atom stereocenters. The number of benzene rings is 1. The third-order valence-corrected chi connectivity index (χ3v) is 3.69. The first-order valence-electron chi connectivity index (χ1n) is 6.57. The Morgan fingerprint density at radius 2 is 1.75 bits per heavy atom. The van der Waals surface area contributed by atoms with E-state index in [2.05, 4.69) is 6.92 Å². The molecule has 2 aliphatic rings. The molecular weight excluding hydrogens is 196 g/mol. The molecule has 3 rings (SSSR count). The van der Waals surface area contributed by atoms with Crippen LogP contribution in [0.2, 0.25) is 0 Å². The molecule has 1 aromatic rings. The maximum absolute atomic E-state index is 8.92. The Morgan fingerprint density at radius 3 is 2.12 bits per heavy atom. The van der Waals surface area contributed by atoms with E-state index in [9.17, 15) is 0 Å². The summed E-state index contributed by atoms with van der Waals surface area (Å²) in [7, 11) is 0. The maximum atomic E-state index is 8.92. The highest BCUT2D eigenvalue weighted by molar-refractivity contribution is 5.25. The van der Waals surface area contributed by atoms with Crippen LogP contribution in [0.3, 0.4) is 0 Å². The van der Waals surface area contributed by atoms with Crippen molar-refractivity contribution in [3.05, 3.63) is 29.8 Å². The molecule has 2 saturated carbocycles. The summed E-state index contributed by atoms with van der Waals surface area (Å²) in [4.78, 5) is 0. The first-order valence-corrected chi connectivity index (χ1v) is 6.57. The summed E-state index contributed by atoms with van der Waals surface area (Å²) in [6.45, 7) is 2.15. The lowest BCUT2D eigenvalue weighted by Gasteiger charge is -1.96. The van der Waals surface area contributed by atoms with Gasteiger partial charge in [0.1, 0.15) is 5.75 Å². The summed E-state index contributed by atoms with van der Waals surface area (Å²) < 4.78 is 0. The highest BCUT2D eigenvalue weighted by Crippen LogP contribution is 2.51. The van der Waals surface area contributed by atoms with Gasteiger partial charge in [0, 0.05) is 0 Å². The molecule has 0 amide bonds. The van der Waals surface area contributed by atoms with Gasteiger partial charge in [-0.2, -0.15) is 0 Å². The van der Waals surface area contributed by atoms with E-state index >= 15 is 0 Å². The third-order valence-electron chi connectivity index (χ3n) is 3.69. The molecule has 0 aromatic heterocycles. The fraction of sp³-hybridized carbons (Fsp3) is 0.600. The zero-order valence-electron chi connectivity index (χ0n) is 10.2. The second-order valence-electron chi connectivity index (χ2n) is 5.10. The van der Waals surface area contributed by atoms with Crippen molar-refractivity contribution in [2.24, 2.45) is 11.8 Å². The topological polar surface area (TPSA) is 20.2 Å². The first kappa shape index (κ1) is 11.5. The lowest BCUT2D eigenvalue weighted by molar-refractivity contribution is 0.475. The second kappa shape index (κ2) is 5.38. The molecule has 1 heteroatoms. The molecule has 1 aromatic carbocycles. The predicted octanol–water partition coefficient (Wildman–Crippen LogP) is 4.15. The molecule has 0 heterocycles. The molecule has 2 atom stereocenters. The molecule has 0 saturated heterocycles. The summed E-state index contributed by atoms with van der Waals surface area (Å²) >= 11 is 0. The fourth-order valence-corrected chi connectivity index (χ4v) is 2.61. The number of phenols is 1. The quantitative estimate of drug-likeness (QED) is 0.790. The number of aryl methyl sites for hydroxylation is 1. The zero-order chi connectivity index (χ0) is 11.4. The van der Waals surface area contributed by atoms with Crippen LogP contribution in [0.1, 0.15) is 44.6 Å². The smallest absolute Gasteiger partial charge is 0.115 e. The van der Waals surface area contributed by atoms with Crippen molar-refractivity contribution >= 4 is 0 Å². The molecule has 1 nitrogen and oxygen atoms in total. The Balaban J connectivity index is 0.000000134. The molecule has 1 N–H and O–H groups in total. The number of fused-ring (bicyclic) bond motifs is 1. The van der Waals surface area contributed by atoms with Crippen LogP contribution >= 0.6 is 0 Å². The monoisotopic (exact) mass is 218 g/mol. The Labute approximate surface area is 98.5 Å². The van der Waals surface area contributed by atoms with E-state index in [1.165, 1.54) is 23.8 Å². The van der Waals surface area contributed by atoms with E-state index in [1.807, 2.05) is 12.1 Å². The third kappa shape index (κ3) is 3.26. The van der Waals surface area contributed by atoms with Gasteiger partial charge in [-0.1, -0.05) is 44.7 Å². The van der Waals surface area contributed by atoms with Crippen LogP contribution in [0.15, 0.2) is 24.3 Å². The van der Waals surface area contributed by atoms with E-state index in [0.717, 1.165) is 12.8 Å². The van der Waals surface area contributed by atoms with Gasteiger partial charge >= 0.3 is 0 Å². The highest BCUT2D eigenvalue weighted by Gasteiger charge is 2.40. The van der Waals surface area contributed by atoms with Crippen LogP contribution in [-0.4, -0.2) is 5.11 Å². The van der Waals surface area contributed by atoms with E-state index in [4.69, 9.17) is 5.11 Å². The Kier molecular flexibility index (Phi) is 3.87. The van der Waals surface area contributed by atoms with Crippen LogP contribution < -0.4 is 0 Å². The lowest BCUT2D eigenvalue weighted by atomic mass is 10.1. The minimum absolute atomic E-state index is 0.347. The molecule has 16 heavy (non-hydrogen) atoms. The highest BCUT2D eigenvalue weighted by atomic mass is 16.3. The number of hydrogen-bond acceptors (Lipinski definition) is 1. The van der Waals surface area contributed by atoms with E-state index in [-0.39, 0.29) is 0 Å². The molecular formula is C15H22O. The van der Waals surface area contributed by atoms with Crippen molar-refractivity contribution in [3.63, 3.8) is 0 Å². The summed E-state index contributed by atoms with van der Waals surface area (Å²) in [6, 6.07) is 7.37. The normalized spacial score (nSPS) is 25.6. The Morgan fingerprint density at radius 1 is 1.12 bits per heavy atom. The maximum Gasteiger partial charge on any atom is 0.115 e. The average Bonchev–Trinajstić information content (AvgIpc) is 2.90. The lowest BCUT2D eigenvalue weighted by Crippen LogP contribution is -1.79. The zero-order valence-corrected chi connectivity index (χ0v) is 10.2. The standard InChI is InChI=1S/C9H12O.C6H10/c1-2-3-8-4-6-9(10)7-5-8;1-2-5-4-6(5)3-1/h4-7,10H,2-3H2,1H3;5-6H,1-4H2.